The molecule has 1 fully saturated rings. The Morgan fingerprint density at radius 1 is 0.778 bits per heavy atom. The van der Waals surface area contributed by atoms with E-state index >= 15 is 0 Å². The van der Waals surface area contributed by atoms with Gasteiger partial charge in [0.1, 0.15) is 0 Å². The fourth-order valence-corrected chi connectivity index (χ4v) is 0. The van der Waals surface area contributed by atoms with Gasteiger partial charge in [0.15, 0.2) is 0 Å². The van der Waals surface area contributed by atoms with Crippen LogP contribution in [0.2, 0.25) is 0 Å². The monoisotopic (exact) mass is 131 g/mol. The number of nitrogens with zero attached hydrogens (tertiary/aromatic N) is 1. The smallest absolute Gasteiger partial charge is 0.0140 e. The molecule has 1 heteroatoms. The van der Waals surface area contributed by atoms with Gasteiger partial charge in [0.2, 0.25) is 0 Å². The Morgan fingerprint density at radius 2 is 0.889 bits per heavy atom. The first kappa shape index (κ1) is 11.7. The molecule has 0 radical (unpaired) electrons. The van der Waals surface area contributed by atoms with Crippen LogP contribution in [-0.4, -0.2) is 26.0 Å². The molecule has 0 amide bonds. The first-order valence-electron chi connectivity index (χ1n) is 3.84. The van der Waals surface area contributed by atoms with Crippen LogP contribution in [0.3, 0.4) is 0 Å². The summed E-state index contributed by atoms with van der Waals surface area (Å²) in [5.74, 6) is 0. The molecule has 0 atom stereocenters. The van der Waals surface area contributed by atoms with E-state index in [1.54, 1.807) is 0 Å². The Kier molecular flexibility index (Phi) is 14.1. The normalized spacial score (nSPS) is 12.7. The molecule has 0 aromatic heterocycles. The Hall–Kier alpha value is -0.0400. The van der Waals surface area contributed by atoms with Gasteiger partial charge in [-0.05, 0) is 21.1 Å². The van der Waals surface area contributed by atoms with Gasteiger partial charge >= 0.3 is 0 Å². The first-order valence-corrected chi connectivity index (χ1v) is 3.84. The van der Waals surface area contributed by atoms with E-state index in [9.17, 15) is 0 Å². The summed E-state index contributed by atoms with van der Waals surface area (Å²) in [6.45, 7) is 4.00. The van der Waals surface area contributed by atoms with E-state index in [0.717, 1.165) is 0 Å². The van der Waals surface area contributed by atoms with Gasteiger partial charge in [0.25, 0.3) is 0 Å². The van der Waals surface area contributed by atoms with Crippen molar-refractivity contribution in [1.29, 1.82) is 0 Å². The van der Waals surface area contributed by atoms with E-state index in [1.165, 1.54) is 19.3 Å². The van der Waals surface area contributed by atoms with E-state index in [0.29, 0.717) is 0 Å². The van der Waals surface area contributed by atoms with E-state index in [-0.39, 0.29) is 0 Å². The third-order valence-electron chi connectivity index (χ3n) is 0.354. The first-order chi connectivity index (χ1) is 4.23. The van der Waals surface area contributed by atoms with Gasteiger partial charge in [-0.2, -0.15) is 0 Å². The fourth-order valence-electron chi connectivity index (χ4n) is 0. The molecule has 58 valence electrons. The van der Waals surface area contributed by atoms with Crippen molar-refractivity contribution in [3.8, 4) is 0 Å². The van der Waals surface area contributed by atoms with Crippen molar-refractivity contribution < 1.29 is 0 Å². The van der Waals surface area contributed by atoms with E-state index < -0.39 is 0 Å². The van der Waals surface area contributed by atoms with Crippen molar-refractivity contribution in [2.75, 3.05) is 21.1 Å². The Bertz CT molecular complexity index is 26.0. The lowest BCUT2D eigenvalue weighted by Gasteiger charge is -1.90. The summed E-state index contributed by atoms with van der Waals surface area (Å²) in [5, 5.41) is 0. The van der Waals surface area contributed by atoms with Crippen LogP contribution in [0.25, 0.3) is 0 Å². The molecule has 9 heavy (non-hydrogen) atoms. The highest BCUT2D eigenvalue weighted by Gasteiger charge is 1.95. The third-order valence-corrected chi connectivity index (χ3v) is 0.354. The van der Waals surface area contributed by atoms with Crippen molar-refractivity contribution in [2.24, 2.45) is 0 Å². The summed E-state index contributed by atoms with van der Waals surface area (Å²) in [7, 11) is 6.00. The molecule has 0 aromatic rings. The minimum atomic E-state index is 1.50. The molecule has 1 aliphatic rings. The van der Waals surface area contributed by atoms with Gasteiger partial charge in [-0.1, -0.05) is 33.1 Å². The SMILES string of the molecule is C1CC1.CC.CN(C)C. The van der Waals surface area contributed by atoms with Crippen LogP contribution in [0.4, 0.5) is 0 Å². The molecule has 0 aromatic carbocycles. The highest BCUT2D eigenvalue weighted by Crippen LogP contribution is 2.14. The predicted octanol–water partition coefficient (Wildman–Crippen LogP) is 2.37. The average molecular weight is 131 g/mol. The number of hydrogen-bond donors (Lipinski definition) is 0. The van der Waals surface area contributed by atoms with Crippen molar-refractivity contribution in [3.05, 3.63) is 0 Å². The Labute approximate surface area is 60.1 Å². The van der Waals surface area contributed by atoms with Crippen molar-refractivity contribution in [3.63, 3.8) is 0 Å². The van der Waals surface area contributed by atoms with Crippen LogP contribution >= 0.6 is 0 Å². The summed E-state index contributed by atoms with van der Waals surface area (Å²) in [6.07, 6.45) is 4.50. The standard InChI is InChI=1S/C3H9N.C3H6.C2H6/c1-4(2)3;1-2-3-1;1-2/h1-3H3;1-3H2;1-2H3. The molecule has 0 aliphatic heterocycles. The molecule has 1 aliphatic carbocycles. The van der Waals surface area contributed by atoms with E-state index in [1.807, 2.05) is 39.9 Å². The summed E-state index contributed by atoms with van der Waals surface area (Å²) >= 11 is 0. The molecular weight excluding hydrogens is 110 g/mol. The maximum Gasteiger partial charge on any atom is -0.0140 e. The lowest BCUT2D eigenvalue weighted by Crippen LogP contribution is -1.99. The van der Waals surface area contributed by atoms with Crippen LogP contribution in [0.15, 0.2) is 0 Å². The van der Waals surface area contributed by atoms with E-state index in [4.69, 9.17) is 0 Å². The molecule has 0 N–H and O–H groups in total. The minimum Gasteiger partial charge on any atom is -0.312 e. The molecule has 0 bridgehead atoms. The van der Waals surface area contributed by atoms with Gasteiger partial charge in [0, 0.05) is 0 Å². The molecule has 1 nitrogen and oxygen atoms in total. The van der Waals surface area contributed by atoms with Gasteiger partial charge in [-0.25, -0.2) is 0 Å². The van der Waals surface area contributed by atoms with Crippen LogP contribution in [0.5, 0.6) is 0 Å². The van der Waals surface area contributed by atoms with Gasteiger partial charge in [-0.3, -0.25) is 0 Å². The molecule has 0 saturated heterocycles. The second-order valence-electron chi connectivity index (χ2n) is 2.40. The van der Waals surface area contributed by atoms with Crippen molar-refractivity contribution in [2.45, 2.75) is 33.1 Å². The molecule has 0 heterocycles. The quantitative estimate of drug-likeness (QED) is 0.488. The Morgan fingerprint density at radius 3 is 0.889 bits per heavy atom. The van der Waals surface area contributed by atoms with Crippen LogP contribution in [0, 0.1) is 0 Å². The maximum atomic E-state index is 2.00. The average Bonchev–Trinajstić information content (AvgIpc) is 2.50. The second kappa shape index (κ2) is 10.9. The number of hydrogen-bond acceptors (Lipinski definition) is 1. The van der Waals surface area contributed by atoms with Crippen LogP contribution < -0.4 is 0 Å². The van der Waals surface area contributed by atoms with Crippen molar-refractivity contribution in [1.82, 2.24) is 4.90 Å². The van der Waals surface area contributed by atoms with Gasteiger partial charge in [-0.15, -0.1) is 0 Å². The van der Waals surface area contributed by atoms with Gasteiger partial charge < -0.3 is 4.90 Å². The molecule has 1 saturated carbocycles. The van der Waals surface area contributed by atoms with E-state index in [2.05, 4.69) is 0 Å². The number of rotatable bonds is 0. The molecule has 1 rings (SSSR count). The lowest BCUT2D eigenvalue weighted by atomic mass is 11.0. The topological polar surface area (TPSA) is 3.24 Å². The van der Waals surface area contributed by atoms with Gasteiger partial charge in [0.05, 0.1) is 0 Å². The summed E-state index contributed by atoms with van der Waals surface area (Å²) < 4.78 is 0. The predicted molar refractivity (Wildman–Crippen MR) is 44.8 cm³/mol. The highest BCUT2D eigenvalue weighted by atomic mass is 15.0. The van der Waals surface area contributed by atoms with Crippen molar-refractivity contribution >= 4 is 0 Å². The highest BCUT2D eigenvalue weighted by molar-refractivity contribution is 4.50. The summed E-state index contributed by atoms with van der Waals surface area (Å²) in [4.78, 5) is 2.00. The zero-order valence-electron chi connectivity index (χ0n) is 7.57. The largest absolute Gasteiger partial charge is 0.312 e. The van der Waals surface area contributed by atoms with Crippen LogP contribution in [-0.2, 0) is 0 Å². The minimum absolute atomic E-state index is 1.50. The molecule has 0 unspecified atom stereocenters. The van der Waals surface area contributed by atoms with Crippen LogP contribution in [0.1, 0.15) is 33.1 Å². The third kappa shape index (κ3) is 307. The summed E-state index contributed by atoms with van der Waals surface area (Å²) in [6, 6.07) is 0. The maximum absolute atomic E-state index is 2.00. The summed E-state index contributed by atoms with van der Waals surface area (Å²) in [5.41, 5.74) is 0. The molecular formula is C8H21N. The second-order valence-corrected chi connectivity index (χ2v) is 2.40. The lowest BCUT2D eigenvalue weighted by molar-refractivity contribution is 0.505. The zero-order valence-corrected chi connectivity index (χ0v) is 7.57. The Balaban J connectivity index is 0. The fraction of sp³-hybridized carbons (Fsp3) is 1.00. The molecule has 0 spiro atoms. The zero-order chi connectivity index (χ0) is 7.70.